The molecular weight excluding hydrogens is 448 g/mol. The lowest BCUT2D eigenvalue weighted by Gasteiger charge is -2.04. The van der Waals surface area contributed by atoms with E-state index in [4.69, 9.17) is 14.9 Å². The quantitative estimate of drug-likeness (QED) is 0.202. The van der Waals surface area contributed by atoms with Crippen molar-refractivity contribution in [3.63, 3.8) is 0 Å². The number of carbonyl (C=O) groups excluding carboxylic acids is 2. The smallest absolute Gasteiger partial charge is 0.333 e. The van der Waals surface area contributed by atoms with E-state index in [1.165, 1.54) is 24.5 Å². The van der Waals surface area contributed by atoms with E-state index in [0.29, 0.717) is 18.6 Å². The zero-order chi connectivity index (χ0) is 26.9. The Bertz CT molecular complexity index is 795. The summed E-state index contributed by atoms with van der Waals surface area (Å²) in [5.41, 5.74) is 1.89. The highest BCUT2D eigenvalue weighted by atomic mass is 16.5. The molecule has 1 aromatic rings. The topological polar surface area (TPSA) is 110 Å². The molecule has 1 rings (SSSR count). The highest BCUT2D eigenvalue weighted by Crippen LogP contribution is 2.03. The number of aliphatic carboxylic acids is 1. The number of hydrogen-bond donors (Lipinski definition) is 2. The zero-order valence-electron chi connectivity index (χ0n) is 21.0. The van der Waals surface area contributed by atoms with Crippen molar-refractivity contribution in [2.75, 3.05) is 19.8 Å². The summed E-state index contributed by atoms with van der Waals surface area (Å²) in [5.74, 6) is -1.95. The average Bonchev–Trinajstić information content (AvgIpc) is 2.87. The van der Waals surface area contributed by atoms with Gasteiger partial charge in [-0.05, 0) is 24.8 Å². The number of allylic oxidation sites excluding steroid dienone is 1. The third kappa shape index (κ3) is 22.1. The van der Waals surface area contributed by atoms with Crippen LogP contribution in [-0.2, 0) is 23.9 Å². The molecule has 7 nitrogen and oxygen atoms in total. The highest BCUT2D eigenvalue weighted by molar-refractivity contribution is 5.88. The van der Waals surface area contributed by atoms with E-state index >= 15 is 0 Å². The Morgan fingerprint density at radius 1 is 0.914 bits per heavy atom. The molecule has 0 saturated heterocycles. The largest absolute Gasteiger partial charge is 0.478 e. The number of hydrogen-bond acceptors (Lipinski definition) is 6. The van der Waals surface area contributed by atoms with Crippen LogP contribution in [0.2, 0.25) is 0 Å². The Balaban J connectivity index is 0. The molecule has 0 atom stereocenters. The van der Waals surface area contributed by atoms with Crippen LogP contribution in [0.15, 0.2) is 73.4 Å². The van der Waals surface area contributed by atoms with E-state index in [0.717, 1.165) is 18.9 Å². The van der Waals surface area contributed by atoms with Gasteiger partial charge in [-0.2, -0.15) is 0 Å². The maximum atomic E-state index is 11.1. The summed E-state index contributed by atoms with van der Waals surface area (Å²) in [4.78, 5) is 32.1. The lowest BCUT2D eigenvalue weighted by molar-refractivity contribution is -0.140. The van der Waals surface area contributed by atoms with Crippen molar-refractivity contribution in [1.82, 2.24) is 0 Å². The van der Waals surface area contributed by atoms with E-state index < -0.39 is 11.9 Å². The zero-order valence-corrected chi connectivity index (χ0v) is 21.0. The normalized spacial score (nSPS) is 9.57. The minimum atomic E-state index is -1.08. The standard InChI is InChI=1S/C11H20O2.C9H12O5.C8H8/c1-4-6-7-8-9-13-11(12)10(3)5-2;1-7(3-2-4-8(11)12)9(13)14-6-5-10;1-2-8-6-4-3-5-7-8/h3-9H2,1-2H3;2,4,10H,1,3,5-6H2,(H,11,12);2-7H,1H2. The molecule has 0 unspecified atom stereocenters. The number of benzene rings is 1. The lowest BCUT2D eigenvalue weighted by atomic mass is 10.2. The predicted molar refractivity (Wildman–Crippen MR) is 140 cm³/mol. The minimum absolute atomic E-state index is 0.0828. The van der Waals surface area contributed by atoms with Gasteiger partial charge in [-0.15, -0.1) is 0 Å². The van der Waals surface area contributed by atoms with Crippen LogP contribution >= 0.6 is 0 Å². The number of aliphatic hydroxyl groups excluding tert-OH is 1. The first kappa shape index (κ1) is 33.7. The van der Waals surface area contributed by atoms with E-state index in [2.05, 4.69) is 31.4 Å². The van der Waals surface area contributed by atoms with E-state index in [-0.39, 0.29) is 31.2 Å². The number of aliphatic hydroxyl groups is 1. The fraction of sp³-hybridized carbons (Fsp3) is 0.393. The van der Waals surface area contributed by atoms with Crippen LogP contribution in [0.3, 0.4) is 0 Å². The number of carboxylic acids is 1. The van der Waals surface area contributed by atoms with Crippen LogP contribution in [0.25, 0.3) is 6.08 Å². The van der Waals surface area contributed by atoms with Gasteiger partial charge in [0, 0.05) is 17.2 Å². The molecule has 0 amide bonds. The van der Waals surface area contributed by atoms with Gasteiger partial charge in [0.15, 0.2) is 0 Å². The van der Waals surface area contributed by atoms with Crippen molar-refractivity contribution in [2.24, 2.45) is 0 Å². The Hall–Kier alpha value is -3.45. The third-order valence-electron chi connectivity index (χ3n) is 4.22. The van der Waals surface area contributed by atoms with Crippen LogP contribution in [0.4, 0.5) is 0 Å². The first-order valence-corrected chi connectivity index (χ1v) is 11.6. The van der Waals surface area contributed by atoms with Crippen LogP contribution in [0, 0.1) is 0 Å². The first-order chi connectivity index (χ1) is 16.7. The van der Waals surface area contributed by atoms with Crippen molar-refractivity contribution >= 4 is 24.0 Å². The molecule has 7 heteroatoms. The summed E-state index contributed by atoms with van der Waals surface area (Å²) >= 11 is 0. The summed E-state index contributed by atoms with van der Waals surface area (Å²) in [6.07, 6.45) is 9.38. The molecule has 0 fully saturated rings. The molecular formula is C28H40O7. The SMILES string of the molecule is C=C(CC)C(=O)OCCCCCC.C=C(CC=CC(=O)O)C(=O)OCCO.C=Cc1ccccc1. The molecule has 2 N–H and O–H groups in total. The van der Waals surface area contributed by atoms with Gasteiger partial charge < -0.3 is 19.7 Å². The van der Waals surface area contributed by atoms with Gasteiger partial charge in [-0.25, -0.2) is 14.4 Å². The minimum Gasteiger partial charge on any atom is -0.478 e. The fourth-order valence-corrected chi connectivity index (χ4v) is 2.15. The van der Waals surface area contributed by atoms with Crippen molar-refractivity contribution < 1.29 is 34.1 Å². The van der Waals surface area contributed by atoms with Gasteiger partial charge in [0.05, 0.1) is 13.2 Å². The van der Waals surface area contributed by atoms with Crippen LogP contribution in [-0.4, -0.2) is 47.9 Å². The predicted octanol–water partition coefficient (Wildman–Crippen LogP) is 5.51. The molecule has 35 heavy (non-hydrogen) atoms. The third-order valence-corrected chi connectivity index (χ3v) is 4.22. The molecule has 0 aliphatic carbocycles. The van der Waals surface area contributed by atoms with Crippen molar-refractivity contribution in [3.05, 3.63) is 78.9 Å². The van der Waals surface area contributed by atoms with Crippen molar-refractivity contribution in [3.8, 4) is 0 Å². The number of esters is 2. The monoisotopic (exact) mass is 488 g/mol. The fourth-order valence-electron chi connectivity index (χ4n) is 2.15. The molecule has 0 saturated carbocycles. The second-order valence-corrected chi connectivity index (χ2v) is 7.18. The van der Waals surface area contributed by atoms with Gasteiger partial charge in [-0.1, -0.05) is 95.3 Å². The van der Waals surface area contributed by atoms with Gasteiger partial charge in [0.1, 0.15) is 6.61 Å². The number of ether oxygens (including phenoxy) is 2. The van der Waals surface area contributed by atoms with E-state index in [1.54, 1.807) is 0 Å². The van der Waals surface area contributed by atoms with E-state index in [9.17, 15) is 14.4 Å². The van der Waals surface area contributed by atoms with Crippen LogP contribution in [0.5, 0.6) is 0 Å². The van der Waals surface area contributed by atoms with Crippen LogP contribution in [0.1, 0.15) is 57.9 Å². The molecule has 194 valence electrons. The number of unbranched alkanes of at least 4 members (excludes halogenated alkanes) is 3. The summed E-state index contributed by atoms with van der Waals surface area (Å²) in [6.45, 7) is 14.9. The molecule has 1 aromatic carbocycles. The average molecular weight is 489 g/mol. The molecule has 0 spiro atoms. The number of carboxylic acid groups (broad SMARTS) is 1. The Kier molecular flexibility index (Phi) is 22.8. The van der Waals surface area contributed by atoms with Crippen LogP contribution < -0.4 is 0 Å². The second kappa shape index (κ2) is 23.7. The maximum Gasteiger partial charge on any atom is 0.333 e. The number of carbonyl (C=O) groups is 3. The summed E-state index contributed by atoms with van der Waals surface area (Å²) in [6, 6.07) is 10.0. The summed E-state index contributed by atoms with van der Waals surface area (Å²) < 4.78 is 9.54. The molecule has 0 heterocycles. The van der Waals surface area contributed by atoms with Gasteiger partial charge in [-0.3, -0.25) is 0 Å². The molecule has 0 aliphatic rings. The first-order valence-electron chi connectivity index (χ1n) is 11.6. The Morgan fingerprint density at radius 2 is 1.51 bits per heavy atom. The second-order valence-electron chi connectivity index (χ2n) is 7.18. The summed E-state index contributed by atoms with van der Waals surface area (Å²) in [7, 11) is 0. The highest BCUT2D eigenvalue weighted by Gasteiger charge is 2.06. The molecule has 0 radical (unpaired) electrons. The lowest BCUT2D eigenvalue weighted by Crippen LogP contribution is -2.09. The Labute approximate surface area is 209 Å². The molecule has 0 aliphatic heterocycles. The summed E-state index contributed by atoms with van der Waals surface area (Å²) in [5, 5.41) is 16.6. The van der Waals surface area contributed by atoms with Gasteiger partial charge in [0.25, 0.3) is 0 Å². The number of rotatable bonds is 14. The Morgan fingerprint density at radius 3 is 2.00 bits per heavy atom. The van der Waals surface area contributed by atoms with Gasteiger partial charge >= 0.3 is 17.9 Å². The van der Waals surface area contributed by atoms with E-state index in [1.807, 2.05) is 43.3 Å². The van der Waals surface area contributed by atoms with Gasteiger partial charge in [0.2, 0.25) is 0 Å². The van der Waals surface area contributed by atoms with Crippen molar-refractivity contribution in [2.45, 2.75) is 52.4 Å². The molecule has 0 bridgehead atoms. The maximum absolute atomic E-state index is 11.1. The van der Waals surface area contributed by atoms with Crippen molar-refractivity contribution in [1.29, 1.82) is 0 Å². The molecule has 0 aromatic heterocycles.